The number of hydrogen-bond donors (Lipinski definition) is 0. The van der Waals surface area contributed by atoms with Crippen molar-refractivity contribution < 1.29 is 19.0 Å². The summed E-state index contributed by atoms with van der Waals surface area (Å²) >= 11 is 0. The van der Waals surface area contributed by atoms with E-state index >= 15 is 0 Å². The molecule has 0 amide bonds. The smallest absolute Gasteiger partial charge is 0.231 e. The fraction of sp³-hybridized carbons (Fsp3) is 0.458. The quantitative estimate of drug-likeness (QED) is 0.732. The molecule has 0 N–H and O–H groups in total. The number of benzene rings is 2. The first-order chi connectivity index (χ1) is 14.2. The number of ether oxygens (including phenoxy) is 3. The van der Waals surface area contributed by atoms with Crippen molar-refractivity contribution in [3.8, 4) is 17.2 Å². The lowest BCUT2D eigenvalue weighted by atomic mass is 9.86. The van der Waals surface area contributed by atoms with Crippen molar-refractivity contribution in [3.05, 3.63) is 52.1 Å². The predicted octanol–water partition coefficient (Wildman–Crippen LogP) is 4.10. The fourth-order valence-electron chi connectivity index (χ4n) is 4.98. The number of likely N-dealkylation sites (N-methyl/N-ethyl adjacent to an activating group) is 1. The zero-order chi connectivity index (χ0) is 20.0. The van der Waals surface area contributed by atoms with E-state index in [9.17, 15) is 4.79 Å². The van der Waals surface area contributed by atoms with Crippen LogP contribution in [0.1, 0.15) is 57.9 Å². The highest BCUT2D eigenvalue weighted by Gasteiger charge is 2.35. The van der Waals surface area contributed by atoms with Crippen molar-refractivity contribution in [1.29, 1.82) is 0 Å². The first-order valence-electron chi connectivity index (χ1n) is 10.5. The average molecular weight is 393 g/mol. The molecule has 0 saturated heterocycles. The molecular weight excluding hydrogens is 366 g/mol. The molecule has 0 saturated carbocycles. The van der Waals surface area contributed by atoms with Crippen LogP contribution in [0.4, 0.5) is 0 Å². The number of carbonyl (C=O) groups is 1. The summed E-state index contributed by atoms with van der Waals surface area (Å²) in [5.41, 5.74) is 5.83. The second-order valence-electron chi connectivity index (χ2n) is 8.28. The highest BCUT2D eigenvalue weighted by molar-refractivity contribution is 5.97. The van der Waals surface area contributed by atoms with Gasteiger partial charge in [0.15, 0.2) is 17.3 Å². The maximum Gasteiger partial charge on any atom is 0.231 e. The Bertz CT molecular complexity index is 968. The topological polar surface area (TPSA) is 48.0 Å². The van der Waals surface area contributed by atoms with Crippen LogP contribution >= 0.6 is 0 Å². The lowest BCUT2D eigenvalue weighted by Crippen LogP contribution is -2.34. The van der Waals surface area contributed by atoms with E-state index in [-0.39, 0.29) is 18.6 Å². The second kappa shape index (κ2) is 7.38. The average Bonchev–Trinajstić information content (AvgIpc) is 3.22. The molecule has 2 aromatic rings. The number of carbonyl (C=O) groups excluding carboxylic acids is 1. The van der Waals surface area contributed by atoms with Crippen molar-refractivity contribution >= 4 is 5.78 Å². The molecule has 0 bridgehead atoms. The third-order valence-electron chi connectivity index (χ3n) is 6.60. The Morgan fingerprint density at radius 3 is 2.76 bits per heavy atom. The van der Waals surface area contributed by atoms with Gasteiger partial charge in [0.1, 0.15) is 0 Å². The molecule has 2 aromatic carbocycles. The lowest BCUT2D eigenvalue weighted by Gasteiger charge is -2.35. The Morgan fingerprint density at radius 1 is 1.10 bits per heavy atom. The molecule has 5 rings (SSSR count). The van der Waals surface area contributed by atoms with E-state index in [1.807, 2.05) is 6.07 Å². The molecule has 0 fully saturated rings. The number of nitrogens with zero attached hydrogens (tertiary/aromatic N) is 1. The van der Waals surface area contributed by atoms with E-state index in [1.165, 1.54) is 29.5 Å². The zero-order valence-corrected chi connectivity index (χ0v) is 17.1. The second-order valence-corrected chi connectivity index (χ2v) is 8.28. The third kappa shape index (κ3) is 3.18. The van der Waals surface area contributed by atoms with Gasteiger partial charge in [0.05, 0.1) is 7.11 Å². The Balaban J connectivity index is 1.48. The number of fused-ring (bicyclic) bond motifs is 3. The molecule has 2 heterocycles. The molecule has 5 nitrogen and oxygen atoms in total. The maximum atomic E-state index is 13.3. The summed E-state index contributed by atoms with van der Waals surface area (Å²) in [6, 6.07) is 8.30. The van der Waals surface area contributed by atoms with Gasteiger partial charge < -0.3 is 14.2 Å². The highest BCUT2D eigenvalue weighted by Crippen LogP contribution is 2.50. The summed E-state index contributed by atoms with van der Waals surface area (Å²) in [5, 5.41) is 0. The molecule has 1 aliphatic carbocycles. The van der Waals surface area contributed by atoms with Crippen molar-refractivity contribution in [1.82, 2.24) is 4.90 Å². The molecule has 1 unspecified atom stereocenters. The van der Waals surface area contributed by atoms with Crippen LogP contribution < -0.4 is 14.2 Å². The van der Waals surface area contributed by atoms with Crippen LogP contribution in [-0.2, 0) is 19.3 Å². The van der Waals surface area contributed by atoms with Crippen LogP contribution in [-0.4, -0.2) is 38.2 Å². The molecule has 1 atom stereocenters. The van der Waals surface area contributed by atoms with Gasteiger partial charge in [-0.2, -0.15) is 0 Å². The summed E-state index contributed by atoms with van der Waals surface area (Å²) < 4.78 is 17.0. The SMILES string of the molecule is COc1c2c(cc3c1C(CC(=O)c1ccc4c(c1)CCCC4)N(C)CC3)OCO2. The van der Waals surface area contributed by atoms with Gasteiger partial charge in [0.25, 0.3) is 0 Å². The van der Waals surface area contributed by atoms with Crippen LogP contribution in [0.2, 0.25) is 0 Å². The first-order valence-corrected chi connectivity index (χ1v) is 10.5. The van der Waals surface area contributed by atoms with Crippen molar-refractivity contribution in [2.75, 3.05) is 27.5 Å². The number of hydrogen-bond acceptors (Lipinski definition) is 5. The summed E-state index contributed by atoms with van der Waals surface area (Å²) in [6.45, 7) is 1.11. The first kappa shape index (κ1) is 18.5. The zero-order valence-electron chi connectivity index (χ0n) is 17.1. The molecule has 0 radical (unpaired) electrons. The molecule has 152 valence electrons. The van der Waals surface area contributed by atoms with Crippen molar-refractivity contribution in [3.63, 3.8) is 0 Å². The molecule has 3 aliphatic rings. The van der Waals surface area contributed by atoms with Gasteiger partial charge in [0, 0.05) is 30.1 Å². The normalized spacial score (nSPS) is 20.1. The predicted molar refractivity (Wildman–Crippen MR) is 110 cm³/mol. The Hall–Kier alpha value is -2.53. The van der Waals surface area contributed by atoms with E-state index in [0.717, 1.165) is 42.7 Å². The van der Waals surface area contributed by atoms with Crippen LogP contribution in [0, 0.1) is 0 Å². The monoisotopic (exact) mass is 393 g/mol. The van der Waals surface area contributed by atoms with Crippen LogP contribution in [0.25, 0.3) is 0 Å². The number of Topliss-reactive ketones (excluding diaryl/α,β-unsaturated/α-hetero) is 1. The Labute approximate surface area is 171 Å². The fourth-order valence-corrected chi connectivity index (χ4v) is 4.98. The van der Waals surface area contributed by atoms with E-state index in [4.69, 9.17) is 14.2 Å². The molecule has 0 aromatic heterocycles. The van der Waals surface area contributed by atoms with Gasteiger partial charge in [0.2, 0.25) is 12.5 Å². The minimum Gasteiger partial charge on any atom is -0.492 e. The van der Waals surface area contributed by atoms with Crippen LogP contribution in [0.3, 0.4) is 0 Å². The van der Waals surface area contributed by atoms with Crippen molar-refractivity contribution in [2.24, 2.45) is 0 Å². The molecule has 0 spiro atoms. The van der Waals surface area contributed by atoms with E-state index in [0.29, 0.717) is 17.9 Å². The summed E-state index contributed by atoms with van der Waals surface area (Å²) in [7, 11) is 3.74. The summed E-state index contributed by atoms with van der Waals surface area (Å²) in [4.78, 5) is 15.5. The van der Waals surface area contributed by atoms with E-state index in [2.05, 4.69) is 30.1 Å². The molecule has 2 aliphatic heterocycles. The van der Waals surface area contributed by atoms with Crippen LogP contribution in [0.5, 0.6) is 17.2 Å². The highest BCUT2D eigenvalue weighted by atomic mass is 16.7. The number of ketones is 1. The Morgan fingerprint density at radius 2 is 1.93 bits per heavy atom. The minimum atomic E-state index is -0.0354. The van der Waals surface area contributed by atoms with Gasteiger partial charge in [-0.15, -0.1) is 0 Å². The number of rotatable bonds is 4. The minimum absolute atomic E-state index is 0.0354. The van der Waals surface area contributed by atoms with Gasteiger partial charge in [-0.25, -0.2) is 0 Å². The summed E-state index contributed by atoms with van der Waals surface area (Å²) in [5.74, 6) is 2.30. The van der Waals surface area contributed by atoms with Gasteiger partial charge in [-0.1, -0.05) is 12.1 Å². The third-order valence-corrected chi connectivity index (χ3v) is 6.60. The largest absolute Gasteiger partial charge is 0.492 e. The van der Waals surface area contributed by atoms with Gasteiger partial charge in [-0.3, -0.25) is 9.69 Å². The number of aryl methyl sites for hydroxylation is 2. The van der Waals surface area contributed by atoms with Gasteiger partial charge >= 0.3 is 0 Å². The summed E-state index contributed by atoms with van der Waals surface area (Å²) in [6.07, 6.45) is 6.01. The molecule has 29 heavy (non-hydrogen) atoms. The standard InChI is InChI=1S/C24H27NO4/c1-25-10-9-18-12-21-23(29-14-28-21)24(27-2)22(18)19(25)13-20(26)17-8-7-15-5-3-4-6-16(15)11-17/h7-8,11-12,19H,3-6,9-10,13-14H2,1-2H3. The van der Waals surface area contributed by atoms with E-state index in [1.54, 1.807) is 7.11 Å². The maximum absolute atomic E-state index is 13.3. The Kier molecular flexibility index (Phi) is 4.70. The van der Waals surface area contributed by atoms with E-state index < -0.39 is 0 Å². The van der Waals surface area contributed by atoms with Gasteiger partial charge in [-0.05, 0) is 68.0 Å². The molecular formula is C24H27NO4. The number of methoxy groups -OCH3 is 1. The molecule has 5 heteroatoms. The lowest BCUT2D eigenvalue weighted by molar-refractivity contribution is 0.0925. The van der Waals surface area contributed by atoms with Crippen molar-refractivity contribution in [2.45, 2.75) is 44.6 Å². The van der Waals surface area contributed by atoms with Crippen LogP contribution in [0.15, 0.2) is 24.3 Å².